The summed E-state index contributed by atoms with van der Waals surface area (Å²) in [4.78, 5) is 19.0. The minimum Gasteiger partial charge on any atom is -0.462 e. The van der Waals surface area contributed by atoms with Gasteiger partial charge >= 0.3 is 0 Å². The molecule has 4 nitrogen and oxygen atoms in total. The molecular formula is C18H18N2O2S. The molecule has 0 N–H and O–H groups in total. The number of carbonyl (C=O) groups is 1. The first-order valence-electron chi connectivity index (χ1n) is 7.53. The molecule has 0 aliphatic rings. The van der Waals surface area contributed by atoms with Gasteiger partial charge in [-0.1, -0.05) is 18.2 Å². The summed E-state index contributed by atoms with van der Waals surface area (Å²) in [5, 5.41) is 2.72. The minimum absolute atomic E-state index is 0.0538. The maximum atomic E-state index is 12.7. The zero-order valence-electron chi connectivity index (χ0n) is 13.2. The molecule has 1 amide bonds. The molecule has 3 aromatic rings. The minimum atomic E-state index is 0.0538. The monoisotopic (exact) mass is 326 g/mol. The van der Waals surface area contributed by atoms with E-state index in [2.05, 4.69) is 4.98 Å². The third-order valence-corrected chi connectivity index (χ3v) is 4.55. The Morgan fingerprint density at radius 1 is 1.26 bits per heavy atom. The zero-order valence-corrected chi connectivity index (χ0v) is 14.0. The second-order valence-corrected chi connectivity index (χ2v) is 6.08. The molecule has 0 bridgehead atoms. The van der Waals surface area contributed by atoms with Crippen LogP contribution < -0.4 is 4.90 Å². The Morgan fingerprint density at radius 3 is 2.78 bits per heavy atom. The van der Waals surface area contributed by atoms with Crippen LogP contribution in [0.3, 0.4) is 0 Å². The molecule has 0 aliphatic heterocycles. The molecule has 2 aromatic heterocycles. The number of hydrogen-bond donors (Lipinski definition) is 0. The fraction of sp³-hybridized carbons (Fsp3) is 0.222. The van der Waals surface area contributed by atoms with Crippen molar-refractivity contribution in [2.75, 3.05) is 11.4 Å². The normalized spacial score (nSPS) is 10.7. The number of aryl methyl sites for hydroxylation is 1. The van der Waals surface area contributed by atoms with Crippen molar-refractivity contribution in [1.82, 2.24) is 4.98 Å². The largest absolute Gasteiger partial charge is 0.462 e. The molecule has 0 aliphatic carbocycles. The fourth-order valence-electron chi connectivity index (χ4n) is 2.50. The number of aromatic nitrogens is 1. The van der Waals surface area contributed by atoms with Crippen molar-refractivity contribution in [3.05, 3.63) is 59.3 Å². The quantitative estimate of drug-likeness (QED) is 0.702. The van der Waals surface area contributed by atoms with Gasteiger partial charge in [-0.15, -0.1) is 11.3 Å². The molecule has 23 heavy (non-hydrogen) atoms. The van der Waals surface area contributed by atoms with Crippen LogP contribution in [0.1, 0.15) is 18.2 Å². The van der Waals surface area contributed by atoms with Crippen LogP contribution in [0.4, 0.5) is 5.69 Å². The molecule has 0 spiro atoms. The first-order chi connectivity index (χ1) is 11.2. The first-order valence-corrected chi connectivity index (χ1v) is 8.41. The van der Waals surface area contributed by atoms with Crippen LogP contribution in [0.2, 0.25) is 0 Å². The van der Waals surface area contributed by atoms with Crippen molar-refractivity contribution in [1.29, 1.82) is 0 Å². The average Bonchev–Trinajstić information content (AvgIpc) is 3.21. The van der Waals surface area contributed by atoms with E-state index in [1.165, 1.54) is 11.3 Å². The Morgan fingerprint density at radius 2 is 2.09 bits per heavy atom. The molecule has 0 unspecified atom stereocenters. The van der Waals surface area contributed by atoms with Gasteiger partial charge in [0.15, 0.2) is 10.8 Å². The molecule has 1 aromatic carbocycles. The smallest absolute Gasteiger partial charge is 0.233 e. The molecule has 0 saturated heterocycles. The van der Waals surface area contributed by atoms with E-state index in [1.54, 1.807) is 11.2 Å². The molecule has 3 rings (SSSR count). The third kappa shape index (κ3) is 3.35. The van der Waals surface area contributed by atoms with Gasteiger partial charge in [0.25, 0.3) is 0 Å². The molecule has 0 radical (unpaired) electrons. The predicted molar refractivity (Wildman–Crippen MR) is 92.7 cm³/mol. The van der Waals surface area contributed by atoms with Crippen molar-refractivity contribution < 1.29 is 9.21 Å². The molecule has 0 fully saturated rings. The Labute approximate surface area is 139 Å². The summed E-state index contributed by atoms with van der Waals surface area (Å²) in [6, 6.07) is 11.6. The summed E-state index contributed by atoms with van der Waals surface area (Å²) in [6.07, 6.45) is 1.91. The van der Waals surface area contributed by atoms with E-state index in [9.17, 15) is 4.79 Å². The SMILES string of the molecule is CCN(C(=O)Cc1csc(-c2ccco2)n1)c1ccccc1C. The van der Waals surface area contributed by atoms with Crippen molar-refractivity contribution in [3.63, 3.8) is 0 Å². The summed E-state index contributed by atoms with van der Waals surface area (Å²) >= 11 is 1.49. The number of para-hydroxylation sites is 1. The van der Waals surface area contributed by atoms with Gasteiger partial charge < -0.3 is 9.32 Å². The number of furan rings is 1. The molecule has 2 heterocycles. The molecule has 118 valence electrons. The van der Waals surface area contributed by atoms with Gasteiger partial charge in [-0.2, -0.15) is 0 Å². The predicted octanol–water partition coefficient (Wildman–Crippen LogP) is 4.31. The van der Waals surface area contributed by atoms with Gasteiger partial charge in [0.1, 0.15) is 0 Å². The summed E-state index contributed by atoms with van der Waals surface area (Å²) in [5.41, 5.74) is 2.83. The van der Waals surface area contributed by atoms with Gasteiger partial charge in [0.05, 0.1) is 18.4 Å². The van der Waals surface area contributed by atoms with Gasteiger partial charge in [0.2, 0.25) is 5.91 Å². The lowest BCUT2D eigenvalue weighted by atomic mass is 10.1. The number of amides is 1. The summed E-state index contributed by atoms with van der Waals surface area (Å²) in [5.74, 6) is 0.790. The number of benzene rings is 1. The van der Waals surface area contributed by atoms with Gasteiger partial charge in [0, 0.05) is 17.6 Å². The lowest BCUT2D eigenvalue weighted by molar-refractivity contribution is -0.118. The van der Waals surface area contributed by atoms with E-state index in [4.69, 9.17) is 4.42 Å². The topological polar surface area (TPSA) is 46.3 Å². The van der Waals surface area contributed by atoms with Gasteiger partial charge in [-0.05, 0) is 37.6 Å². The van der Waals surface area contributed by atoms with E-state index in [0.29, 0.717) is 13.0 Å². The van der Waals surface area contributed by atoms with E-state index in [1.807, 2.05) is 55.6 Å². The highest BCUT2D eigenvalue weighted by Crippen LogP contribution is 2.25. The van der Waals surface area contributed by atoms with Crippen LogP contribution in [0.15, 0.2) is 52.5 Å². The Kier molecular flexibility index (Phi) is 4.57. The number of nitrogens with zero attached hydrogens (tertiary/aromatic N) is 2. The van der Waals surface area contributed by atoms with Crippen LogP contribution >= 0.6 is 11.3 Å². The molecular weight excluding hydrogens is 308 g/mol. The number of likely N-dealkylation sites (N-methyl/N-ethyl adjacent to an activating group) is 1. The zero-order chi connectivity index (χ0) is 16.2. The van der Waals surface area contributed by atoms with Crippen LogP contribution in [0, 0.1) is 6.92 Å². The highest BCUT2D eigenvalue weighted by molar-refractivity contribution is 7.13. The third-order valence-electron chi connectivity index (χ3n) is 3.64. The Bertz CT molecular complexity index is 793. The van der Waals surface area contributed by atoms with E-state index in [-0.39, 0.29) is 5.91 Å². The average molecular weight is 326 g/mol. The first kappa shape index (κ1) is 15.5. The Hall–Kier alpha value is -2.40. The lowest BCUT2D eigenvalue weighted by Crippen LogP contribution is -2.32. The highest BCUT2D eigenvalue weighted by atomic mass is 32.1. The molecule has 0 saturated carbocycles. The van der Waals surface area contributed by atoms with Gasteiger partial charge in [-0.25, -0.2) is 4.98 Å². The summed E-state index contributed by atoms with van der Waals surface area (Å²) < 4.78 is 5.34. The lowest BCUT2D eigenvalue weighted by Gasteiger charge is -2.22. The standard InChI is InChI=1S/C18H18N2O2S/c1-3-20(15-8-5-4-7-13(15)2)17(21)11-14-12-23-18(19-14)16-9-6-10-22-16/h4-10,12H,3,11H2,1-2H3. The molecule has 5 heteroatoms. The van der Waals surface area contributed by atoms with Crippen LogP contribution in [0.25, 0.3) is 10.8 Å². The molecule has 0 atom stereocenters. The van der Waals surface area contributed by atoms with Crippen LogP contribution in [0.5, 0.6) is 0 Å². The second kappa shape index (κ2) is 6.79. The van der Waals surface area contributed by atoms with Crippen molar-refractivity contribution >= 4 is 22.9 Å². The van der Waals surface area contributed by atoms with Crippen LogP contribution in [-0.2, 0) is 11.2 Å². The van der Waals surface area contributed by atoms with Crippen molar-refractivity contribution in [2.24, 2.45) is 0 Å². The number of thiazole rings is 1. The number of rotatable bonds is 5. The summed E-state index contributed by atoms with van der Waals surface area (Å²) in [7, 11) is 0. The maximum absolute atomic E-state index is 12.7. The number of anilines is 1. The van der Waals surface area contributed by atoms with Gasteiger partial charge in [-0.3, -0.25) is 4.79 Å². The van der Waals surface area contributed by atoms with Crippen molar-refractivity contribution in [3.8, 4) is 10.8 Å². The van der Waals surface area contributed by atoms with Crippen molar-refractivity contribution in [2.45, 2.75) is 20.3 Å². The van der Waals surface area contributed by atoms with E-state index < -0.39 is 0 Å². The number of carbonyl (C=O) groups excluding carboxylic acids is 1. The number of hydrogen-bond acceptors (Lipinski definition) is 4. The second-order valence-electron chi connectivity index (χ2n) is 5.22. The highest BCUT2D eigenvalue weighted by Gasteiger charge is 2.18. The van der Waals surface area contributed by atoms with Crippen LogP contribution in [-0.4, -0.2) is 17.4 Å². The maximum Gasteiger partial charge on any atom is 0.233 e. The summed E-state index contributed by atoms with van der Waals surface area (Å²) in [6.45, 7) is 4.64. The van der Waals surface area contributed by atoms with E-state index >= 15 is 0 Å². The van der Waals surface area contributed by atoms with E-state index in [0.717, 1.165) is 27.7 Å². The Balaban J connectivity index is 1.77. The fourth-order valence-corrected chi connectivity index (χ4v) is 3.29.